The van der Waals surface area contributed by atoms with Crippen LogP contribution in [0.2, 0.25) is 0 Å². The van der Waals surface area contributed by atoms with E-state index >= 15 is 0 Å². The molecule has 5 heteroatoms. The quantitative estimate of drug-likeness (QED) is 0.932. The smallest absolute Gasteiger partial charge is 0.336 e. The maximum Gasteiger partial charge on any atom is 0.336 e. The van der Waals surface area contributed by atoms with E-state index in [1.165, 1.54) is 12.1 Å². The van der Waals surface area contributed by atoms with E-state index in [9.17, 15) is 14.3 Å². The number of carbonyl (C=O) groups is 1. The predicted molar refractivity (Wildman–Crippen MR) is 83.5 cm³/mol. The Labute approximate surface area is 132 Å². The average Bonchev–Trinajstić information content (AvgIpc) is 2.54. The Morgan fingerprint density at radius 1 is 1.48 bits per heavy atom. The lowest BCUT2D eigenvalue weighted by Crippen LogP contribution is -2.27. The number of rotatable bonds is 3. The summed E-state index contributed by atoms with van der Waals surface area (Å²) in [6, 6.07) is 7.52. The number of dihydropyridines is 1. The summed E-state index contributed by atoms with van der Waals surface area (Å²) in [7, 11) is 0. The second kappa shape index (κ2) is 6.01. The Balaban J connectivity index is 2.24. The first-order valence-corrected chi connectivity index (χ1v) is 7.16. The highest BCUT2D eigenvalue weighted by Crippen LogP contribution is 2.34. The molecule has 1 aliphatic heterocycles. The molecule has 1 heterocycles. The molecule has 1 aromatic rings. The number of aliphatic imine (C=N–C) groups is 1. The Bertz CT molecular complexity index is 841. The van der Waals surface area contributed by atoms with Crippen molar-refractivity contribution < 1.29 is 14.3 Å². The first-order chi connectivity index (χ1) is 11.1. The zero-order chi connectivity index (χ0) is 16.4. The third-order valence-corrected chi connectivity index (χ3v) is 3.86. The van der Waals surface area contributed by atoms with Crippen molar-refractivity contribution in [2.24, 2.45) is 4.99 Å². The van der Waals surface area contributed by atoms with Gasteiger partial charge in [-0.2, -0.15) is 5.26 Å². The molecule has 4 nitrogen and oxygen atoms in total. The highest BCUT2D eigenvalue weighted by Gasteiger charge is 2.32. The van der Waals surface area contributed by atoms with E-state index in [0.717, 1.165) is 0 Å². The number of hydrogen-bond donors (Lipinski definition) is 1. The molecule has 1 aromatic carbocycles. The standard InChI is InChI=1S/C18H13FN2O2/c19-12-5-3-4-11(10-12)17-14(8-9-20)16(18(22)23)13-6-1-2-7-15(13)21-17/h1-6,10,15H,7-8H2,(H,22,23). The van der Waals surface area contributed by atoms with Gasteiger partial charge in [0.2, 0.25) is 0 Å². The van der Waals surface area contributed by atoms with Gasteiger partial charge >= 0.3 is 5.97 Å². The Morgan fingerprint density at radius 3 is 3.00 bits per heavy atom. The summed E-state index contributed by atoms with van der Waals surface area (Å²) in [6.45, 7) is 0. The average molecular weight is 308 g/mol. The van der Waals surface area contributed by atoms with Gasteiger partial charge in [0.25, 0.3) is 0 Å². The molecule has 2 aliphatic rings. The number of allylic oxidation sites excluding steroid dienone is 3. The molecule has 0 bridgehead atoms. The maximum absolute atomic E-state index is 13.5. The Morgan fingerprint density at radius 2 is 2.30 bits per heavy atom. The van der Waals surface area contributed by atoms with Gasteiger partial charge in [-0.25, -0.2) is 9.18 Å². The van der Waals surface area contributed by atoms with Gasteiger partial charge in [0, 0.05) is 11.1 Å². The van der Waals surface area contributed by atoms with Crippen molar-refractivity contribution in [1.82, 2.24) is 0 Å². The number of aliphatic carboxylic acids is 1. The van der Waals surface area contributed by atoms with Crippen molar-refractivity contribution in [1.29, 1.82) is 5.26 Å². The normalized spacial score (nSPS) is 19.6. The minimum absolute atomic E-state index is 0.0925. The van der Waals surface area contributed by atoms with Crippen LogP contribution in [0, 0.1) is 17.1 Å². The molecular weight excluding hydrogens is 295 g/mol. The summed E-state index contributed by atoms with van der Waals surface area (Å²) in [5.74, 6) is -1.52. The van der Waals surface area contributed by atoms with Gasteiger partial charge < -0.3 is 5.11 Å². The molecule has 0 spiro atoms. The molecule has 23 heavy (non-hydrogen) atoms. The number of nitriles is 1. The van der Waals surface area contributed by atoms with E-state index in [1.54, 1.807) is 24.3 Å². The molecule has 0 saturated heterocycles. The van der Waals surface area contributed by atoms with Crippen molar-refractivity contribution in [2.75, 3.05) is 0 Å². The Kier molecular flexibility index (Phi) is 3.90. The molecule has 0 radical (unpaired) electrons. The van der Waals surface area contributed by atoms with Gasteiger partial charge in [-0.1, -0.05) is 30.4 Å². The van der Waals surface area contributed by atoms with E-state index in [-0.39, 0.29) is 18.0 Å². The minimum Gasteiger partial charge on any atom is -0.478 e. The summed E-state index contributed by atoms with van der Waals surface area (Å²) < 4.78 is 13.5. The second-order valence-corrected chi connectivity index (χ2v) is 5.28. The topological polar surface area (TPSA) is 73.5 Å². The molecule has 1 N–H and O–H groups in total. The monoisotopic (exact) mass is 308 g/mol. The fourth-order valence-corrected chi connectivity index (χ4v) is 2.90. The summed E-state index contributed by atoms with van der Waals surface area (Å²) in [5.41, 5.74) is 1.92. The molecule has 114 valence electrons. The maximum atomic E-state index is 13.5. The van der Waals surface area contributed by atoms with Gasteiger partial charge in [-0.15, -0.1) is 0 Å². The lowest BCUT2D eigenvalue weighted by Gasteiger charge is -2.27. The summed E-state index contributed by atoms with van der Waals surface area (Å²) >= 11 is 0. The van der Waals surface area contributed by atoms with Crippen LogP contribution >= 0.6 is 0 Å². The number of halogens is 1. The highest BCUT2D eigenvalue weighted by atomic mass is 19.1. The predicted octanol–water partition coefficient (Wildman–Crippen LogP) is 3.18. The van der Waals surface area contributed by atoms with E-state index < -0.39 is 11.8 Å². The van der Waals surface area contributed by atoms with Gasteiger partial charge in [0.05, 0.1) is 29.8 Å². The number of carboxylic acid groups (broad SMARTS) is 1. The lowest BCUT2D eigenvalue weighted by molar-refractivity contribution is -0.132. The van der Waals surface area contributed by atoms with Crippen molar-refractivity contribution >= 4 is 11.7 Å². The zero-order valence-electron chi connectivity index (χ0n) is 12.2. The van der Waals surface area contributed by atoms with Crippen molar-refractivity contribution in [2.45, 2.75) is 18.9 Å². The van der Waals surface area contributed by atoms with Crippen LogP contribution < -0.4 is 0 Å². The highest BCUT2D eigenvalue weighted by molar-refractivity contribution is 6.18. The first kappa shape index (κ1) is 14.9. The van der Waals surface area contributed by atoms with Crippen LogP contribution in [0.5, 0.6) is 0 Å². The van der Waals surface area contributed by atoms with Crippen LogP contribution in [-0.2, 0) is 4.79 Å². The number of carboxylic acids is 1. The minimum atomic E-state index is -1.09. The molecule has 0 saturated carbocycles. The largest absolute Gasteiger partial charge is 0.478 e. The van der Waals surface area contributed by atoms with Gasteiger partial charge in [-0.3, -0.25) is 4.99 Å². The van der Waals surface area contributed by atoms with E-state index in [1.807, 2.05) is 12.1 Å². The molecular formula is C18H13FN2O2. The summed E-state index contributed by atoms with van der Waals surface area (Å²) in [4.78, 5) is 16.4. The van der Waals surface area contributed by atoms with Crippen molar-refractivity contribution in [3.05, 3.63) is 70.6 Å². The van der Waals surface area contributed by atoms with Gasteiger partial charge in [0.1, 0.15) is 5.82 Å². The van der Waals surface area contributed by atoms with Crippen LogP contribution in [-0.4, -0.2) is 22.8 Å². The van der Waals surface area contributed by atoms with E-state index in [4.69, 9.17) is 5.26 Å². The lowest BCUT2D eigenvalue weighted by atomic mass is 9.82. The van der Waals surface area contributed by atoms with Gasteiger partial charge in [-0.05, 0) is 24.1 Å². The number of hydrogen-bond acceptors (Lipinski definition) is 3. The third kappa shape index (κ3) is 2.71. The third-order valence-electron chi connectivity index (χ3n) is 3.86. The van der Waals surface area contributed by atoms with Crippen LogP contribution in [0.3, 0.4) is 0 Å². The molecule has 1 atom stereocenters. The molecule has 3 rings (SSSR count). The van der Waals surface area contributed by atoms with E-state index in [2.05, 4.69) is 4.99 Å². The van der Waals surface area contributed by atoms with Crippen LogP contribution in [0.4, 0.5) is 4.39 Å². The van der Waals surface area contributed by atoms with Crippen LogP contribution in [0.25, 0.3) is 0 Å². The van der Waals surface area contributed by atoms with E-state index in [0.29, 0.717) is 28.8 Å². The Hall–Kier alpha value is -3.00. The molecule has 1 aliphatic carbocycles. The molecule has 0 fully saturated rings. The second-order valence-electron chi connectivity index (χ2n) is 5.28. The fourth-order valence-electron chi connectivity index (χ4n) is 2.90. The molecule has 0 amide bonds. The number of benzene rings is 1. The zero-order valence-corrected chi connectivity index (χ0v) is 12.2. The molecule has 0 aromatic heterocycles. The van der Waals surface area contributed by atoms with Crippen LogP contribution in [0.1, 0.15) is 18.4 Å². The summed E-state index contributed by atoms with van der Waals surface area (Å²) in [5, 5.41) is 18.7. The van der Waals surface area contributed by atoms with Crippen LogP contribution in [0.15, 0.2) is 64.2 Å². The molecule has 1 unspecified atom stereocenters. The number of fused-ring (bicyclic) bond motifs is 1. The number of nitrogens with zero attached hydrogens (tertiary/aromatic N) is 2. The van der Waals surface area contributed by atoms with Crippen molar-refractivity contribution in [3.8, 4) is 6.07 Å². The first-order valence-electron chi connectivity index (χ1n) is 7.16. The fraction of sp³-hybridized carbons (Fsp3) is 0.167. The summed E-state index contributed by atoms with van der Waals surface area (Å²) in [6.07, 6.45) is 5.92. The van der Waals surface area contributed by atoms with Gasteiger partial charge in [0.15, 0.2) is 0 Å². The van der Waals surface area contributed by atoms with Crippen molar-refractivity contribution in [3.63, 3.8) is 0 Å². The SMILES string of the molecule is N#CCC1=C(C(=O)O)C2=CC=CCC2N=C1c1cccc(F)c1.